The molecule has 0 aromatic rings. The predicted octanol–water partition coefficient (Wildman–Crippen LogP) is 0.608. The van der Waals surface area contributed by atoms with Crippen LogP contribution in [0.25, 0.3) is 0 Å². The molecule has 4 heteroatoms. The summed E-state index contributed by atoms with van der Waals surface area (Å²) in [6.07, 6.45) is 5.66. The third-order valence-corrected chi connectivity index (χ3v) is 4.68. The quantitative estimate of drug-likeness (QED) is 0.720. The van der Waals surface area contributed by atoms with Crippen molar-refractivity contribution in [1.82, 2.24) is 10.6 Å². The second-order valence-electron chi connectivity index (χ2n) is 4.29. The zero-order chi connectivity index (χ0) is 10.0. The summed E-state index contributed by atoms with van der Waals surface area (Å²) in [5.74, 6) is 0.461. The molecule has 0 spiro atoms. The summed E-state index contributed by atoms with van der Waals surface area (Å²) in [6.45, 7) is 2.72. The number of carbonyl (C=O) groups excluding carboxylic acids is 1. The molecule has 3 nitrogen and oxygen atoms in total. The van der Waals surface area contributed by atoms with Gasteiger partial charge in [0.25, 0.3) is 0 Å². The average molecular weight is 214 g/mol. The minimum absolute atomic E-state index is 0.215. The highest BCUT2D eigenvalue weighted by molar-refractivity contribution is 8.00. The van der Waals surface area contributed by atoms with Crippen molar-refractivity contribution in [3.8, 4) is 0 Å². The highest BCUT2D eigenvalue weighted by atomic mass is 32.2. The maximum Gasteiger partial charge on any atom is 0.224 e. The lowest BCUT2D eigenvalue weighted by Crippen LogP contribution is -2.36. The molecule has 1 heterocycles. The van der Waals surface area contributed by atoms with Crippen molar-refractivity contribution in [2.45, 2.75) is 24.0 Å². The van der Waals surface area contributed by atoms with Crippen molar-refractivity contribution < 1.29 is 4.79 Å². The van der Waals surface area contributed by atoms with Crippen molar-refractivity contribution in [1.29, 1.82) is 0 Å². The summed E-state index contributed by atoms with van der Waals surface area (Å²) in [5, 5.41) is 6.29. The standard InChI is InChI=1S/C10H18N2OS/c1-14-10(3-4-10)7-12-9(13)8-2-5-11-6-8/h8,11H,2-7H2,1H3,(H,12,13). The van der Waals surface area contributed by atoms with E-state index >= 15 is 0 Å². The first-order valence-electron chi connectivity index (χ1n) is 5.29. The molecule has 0 aromatic heterocycles. The maximum absolute atomic E-state index is 11.7. The Balaban J connectivity index is 1.72. The topological polar surface area (TPSA) is 41.1 Å². The van der Waals surface area contributed by atoms with Crippen LogP contribution in [-0.4, -0.2) is 36.5 Å². The Kier molecular flexibility index (Phi) is 3.02. The van der Waals surface area contributed by atoms with Crippen LogP contribution < -0.4 is 10.6 Å². The predicted molar refractivity (Wildman–Crippen MR) is 59.5 cm³/mol. The molecule has 0 aromatic carbocycles. The van der Waals surface area contributed by atoms with E-state index < -0.39 is 0 Å². The van der Waals surface area contributed by atoms with Gasteiger partial charge >= 0.3 is 0 Å². The van der Waals surface area contributed by atoms with Gasteiger partial charge in [0, 0.05) is 17.8 Å². The summed E-state index contributed by atoms with van der Waals surface area (Å²) in [4.78, 5) is 11.7. The van der Waals surface area contributed by atoms with Crippen LogP contribution in [0.15, 0.2) is 0 Å². The molecule has 0 radical (unpaired) electrons. The monoisotopic (exact) mass is 214 g/mol. The summed E-state index contributed by atoms with van der Waals surface area (Å²) >= 11 is 1.89. The Morgan fingerprint density at radius 2 is 2.43 bits per heavy atom. The van der Waals surface area contributed by atoms with Crippen LogP contribution in [0.4, 0.5) is 0 Å². The fourth-order valence-electron chi connectivity index (χ4n) is 1.86. The van der Waals surface area contributed by atoms with E-state index in [0.717, 1.165) is 26.1 Å². The number of hydrogen-bond acceptors (Lipinski definition) is 3. The van der Waals surface area contributed by atoms with Gasteiger partial charge in [-0.3, -0.25) is 4.79 Å². The number of nitrogens with one attached hydrogen (secondary N) is 2. The molecule has 2 N–H and O–H groups in total. The zero-order valence-electron chi connectivity index (χ0n) is 8.64. The van der Waals surface area contributed by atoms with Crippen LogP contribution in [0, 0.1) is 5.92 Å². The Hall–Kier alpha value is -0.220. The van der Waals surface area contributed by atoms with E-state index in [1.54, 1.807) is 0 Å². The first-order valence-corrected chi connectivity index (χ1v) is 6.52. The Labute approximate surface area is 89.4 Å². The van der Waals surface area contributed by atoms with Crippen LogP contribution >= 0.6 is 11.8 Å². The van der Waals surface area contributed by atoms with Crippen molar-refractivity contribution in [3.63, 3.8) is 0 Å². The highest BCUT2D eigenvalue weighted by Gasteiger charge is 2.42. The SMILES string of the molecule is CSC1(CNC(=O)C2CCNC2)CC1. The van der Waals surface area contributed by atoms with E-state index in [1.807, 2.05) is 11.8 Å². The van der Waals surface area contributed by atoms with Gasteiger partial charge in [0.05, 0.1) is 5.92 Å². The maximum atomic E-state index is 11.7. The van der Waals surface area contributed by atoms with Crippen molar-refractivity contribution in [3.05, 3.63) is 0 Å². The zero-order valence-corrected chi connectivity index (χ0v) is 9.45. The Bertz CT molecular complexity index is 222. The Morgan fingerprint density at radius 3 is 2.93 bits per heavy atom. The van der Waals surface area contributed by atoms with E-state index in [2.05, 4.69) is 16.9 Å². The number of amides is 1. The smallest absolute Gasteiger partial charge is 0.224 e. The van der Waals surface area contributed by atoms with E-state index in [4.69, 9.17) is 0 Å². The second-order valence-corrected chi connectivity index (χ2v) is 5.57. The molecule has 80 valence electrons. The molecule has 1 aliphatic carbocycles. The van der Waals surface area contributed by atoms with Gasteiger partial charge in [0.1, 0.15) is 0 Å². The molecular formula is C10H18N2OS. The number of rotatable bonds is 4. The molecule has 2 fully saturated rings. The number of carbonyl (C=O) groups is 1. The van der Waals surface area contributed by atoms with E-state index in [1.165, 1.54) is 12.8 Å². The van der Waals surface area contributed by atoms with Crippen LogP contribution in [0.2, 0.25) is 0 Å². The average Bonchev–Trinajstić information content (AvgIpc) is 2.78. The molecule has 1 saturated heterocycles. The second kappa shape index (κ2) is 4.11. The fourth-order valence-corrected chi connectivity index (χ4v) is 2.59. The summed E-state index contributed by atoms with van der Waals surface area (Å²) in [5.41, 5.74) is 0. The normalized spacial score (nSPS) is 28.8. The lowest BCUT2D eigenvalue weighted by molar-refractivity contribution is -0.124. The van der Waals surface area contributed by atoms with Gasteiger partial charge in [-0.25, -0.2) is 0 Å². The van der Waals surface area contributed by atoms with Crippen LogP contribution in [0.3, 0.4) is 0 Å². The molecule has 0 bridgehead atoms. The molecule has 1 saturated carbocycles. The van der Waals surface area contributed by atoms with Gasteiger partial charge in [-0.2, -0.15) is 11.8 Å². The minimum atomic E-state index is 0.215. The van der Waals surface area contributed by atoms with Crippen LogP contribution in [0.5, 0.6) is 0 Å². The van der Waals surface area contributed by atoms with Gasteiger partial charge in [-0.05, 0) is 32.1 Å². The largest absolute Gasteiger partial charge is 0.354 e. The summed E-state index contributed by atoms with van der Waals surface area (Å²) in [7, 11) is 0. The molecule has 2 rings (SSSR count). The molecule has 1 atom stereocenters. The van der Waals surface area contributed by atoms with E-state index in [0.29, 0.717) is 4.75 Å². The van der Waals surface area contributed by atoms with E-state index in [-0.39, 0.29) is 11.8 Å². The van der Waals surface area contributed by atoms with Crippen molar-refractivity contribution in [2.24, 2.45) is 5.92 Å². The van der Waals surface area contributed by atoms with Crippen LogP contribution in [0.1, 0.15) is 19.3 Å². The lowest BCUT2D eigenvalue weighted by atomic mass is 10.1. The molecule has 14 heavy (non-hydrogen) atoms. The molecule has 1 amide bonds. The van der Waals surface area contributed by atoms with Crippen LogP contribution in [-0.2, 0) is 4.79 Å². The first-order chi connectivity index (χ1) is 6.76. The van der Waals surface area contributed by atoms with Gasteiger partial charge < -0.3 is 10.6 Å². The van der Waals surface area contributed by atoms with E-state index in [9.17, 15) is 4.79 Å². The Morgan fingerprint density at radius 1 is 1.64 bits per heavy atom. The summed E-state index contributed by atoms with van der Waals surface area (Å²) < 4.78 is 0.391. The lowest BCUT2D eigenvalue weighted by Gasteiger charge is -2.15. The molecule has 2 aliphatic rings. The molecule has 1 unspecified atom stereocenters. The van der Waals surface area contributed by atoms with Crippen molar-refractivity contribution >= 4 is 17.7 Å². The van der Waals surface area contributed by atoms with Gasteiger partial charge in [-0.1, -0.05) is 0 Å². The first kappa shape index (κ1) is 10.3. The minimum Gasteiger partial charge on any atom is -0.354 e. The van der Waals surface area contributed by atoms with Gasteiger partial charge in [-0.15, -0.1) is 0 Å². The van der Waals surface area contributed by atoms with Gasteiger partial charge in [0.15, 0.2) is 0 Å². The third kappa shape index (κ3) is 2.23. The molecule has 1 aliphatic heterocycles. The van der Waals surface area contributed by atoms with Crippen molar-refractivity contribution in [2.75, 3.05) is 25.9 Å². The van der Waals surface area contributed by atoms with Gasteiger partial charge in [0.2, 0.25) is 5.91 Å². The number of hydrogen-bond donors (Lipinski definition) is 2. The highest BCUT2D eigenvalue weighted by Crippen LogP contribution is 2.46. The molecular weight excluding hydrogens is 196 g/mol. The third-order valence-electron chi connectivity index (χ3n) is 3.26. The summed E-state index contributed by atoms with van der Waals surface area (Å²) in [6, 6.07) is 0. The number of thioether (sulfide) groups is 1. The fraction of sp³-hybridized carbons (Fsp3) is 0.900.